The summed E-state index contributed by atoms with van der Waals surface area (Å²) in [5.74, 6) is 0.148. The average molecular weight is 317 g/mol. The lowest BCUT2D eigenvalue weighted by Crippen LogP contribution is -2.56. The Morgan fingerprint density at radius 3 is 2.91 bits per heavy atom. The second-order valence-electron chi connectivity index (χ2n) is 5.74. The van der Waals surface area contributed by atoms with Crippen LogP contribution in [0.5, 0.6) is 0 Å². The highest BCUT2D eigenvalue weighted by atomic mass is 16.4. The minimum atomic E-state index is -1.06. The maximum atomic E-state index is 11.2. The molecule has 1 aliphatic rings. The number of nitrogen functional groups attached to an aromatic ring is 1. The molecule has 4 N–H and O–H groups in total. The van der Waals surface area contributed by atoms with Crippen LogP contribution in [0.4, 0.5) is 16.2 Å². The van der Waals surface area contributed by atoms with Gasteiger partial charge in [-0.1, -0.05) is 6.92 Å². The molecule has 2 aromatic heterocycles. The summed E-state index contributed by atoms with van der Waals surface area (Å²) in [7, 11) is 0. The van der Waals surface area contributed by atoms with Gasteiger partial charge in [-0.25, -0.2) is 14.5 Å². The van der Waals surface area contributed by atoms with E-state index in [0.29, 0.717) is 12.2 Å². The van der Waals surface area contributed by atoms with E-state index in [1.807, 2.05) is 6.07 Å². The Kier molecular flexibility index (Phi) is 4.00. The number of nitrogens with one attached hydrogen (secondary N) is 1. The summed E-state index contributed by atoms with van der Waals surface area (Å²) in [6, 6.07) is 1.41. The van der Waals surface area contributed by atoms with Crippen molar-refractivity contribution in [2.75, 3.05) is 23.7 Å². The molecule has 0 saturated carbocycles. The number of carbonyl (C=O) groups is 1. The first-order valence-corrected chi connectivity index (χ1v) is 7.34. The van der Waals surface area contributed by atoms with E-state index >= 15 is 0 Å². The van der Waals surface area contributed by atoms with Crippen LogP contribution in [0.25, 0.3) is 0 Å². The van der Waals surface area contributed by atoms with Crippen molar-refractivity contribution in [2.45, 2.75) is 19.0 Å². The lowest BCUT2D eigenvalue weighted by molar-refractivity contribution is 0.167. The lowest BCUT2D eigenvalue weighted by atomic mass is 9.89. The van der Waals surface area contributed by atoms with Crippen molar-refractivity contribution < 1.29 is 9.90 Å². The van der Waals surface area contributed by atoms with E-state index in [0.717, 1.165) is 12.2 Å². The Hall–Kier alpha value is -2.84. The van der Waals surface area contributed by atoms with Gasteiger partial charge in [0.25, 0.3) is 0 Å². The molecule has 0 spiro atoms. The van der Waals surface area contributed by atoms with Gasteiger partial charge in [0.05, 0.1) is 29.7 Å². The van der Waals surface area contributed by atoms with E-state index in [1.165, 1.54) is 6.33 Å². The van der Waals surface area contributed by atoms with Crippen molar-refractivity contribution >= 4 is 17.5 Å². The number of piperidine rings is 1. The van der Waals surface area contributed by atoms with Crippen LogP contribution in [-0.2, 0) is 0 Å². The summed E-state index contributed by atoms with van der Waals surface area (Å²) in [5, 5.41) is 16.0. The molecule has 2 aromatic rings. The van der Waals surface area contributed by atoms with Crippen molar-refractivity contribution in [3.63, 3.8) is 0 Å². The second-order valence-corrected chi connectivity index (χ2v) is 5.74. The van der Waals surface area contributed by atoms with Crippen molar-refractivity contribution in [2.24, 2.45) is 5.92 Å². The summed E-state index contributed by atoms with van der Waals surface area (Å²) in [6.07, 6.45) is 5.30. The number of anilines is 2. The maximum Gasteiger partial charge on any atom is 0.405 e. The molecule has 23 heavy (non-hydrogen) atoms. The fourth-order valence-corrected chi connectivity index (χ4v) is 3.26. The fraction of sp³-hybridized carbons (Fsp3) is 0.429. The molecule has 1 saturated heterocycles. The molecule has 3 atom stereocenters. The molecule has 122 valence electrons. The van der Waals surface area contributed by atoms with Crippen LogP contribution >= 0.6 is 0 Å². The average Bonchev–Trinajstić information content (AvgIpc) is 3.00. The zero-order chi connectivity index (χ0) is 16.4. The number of carboxylic acid groups (broad SMARTS) is 1. The molecule has 0 aliphatic carbocycles. The number of nitrogens with two attached hydrogens (primary N) is 1. The predicted octanol–water partition coefficient (Wildman–Crippen LogP) is 0.589. The molecule has 0 aromatic carbocycles. The molecule has 9 heteroatoms. The van der Waals surface area contributed by atoms with Crippen molar-refractivity contribution in [1.82, 2.24) is 25.1 Å². The van der Waals surface area contributed by atoms with Crippen LogP contribution in [0.1, 0.15) is 13.0 Å². The van der Waals surface area contributed by atoms with Gasteiger partial charge in [0.15, 0.2) is 0 Å². The quantitative estimate of drug-likeness (QED) is 0.757. The normalized spacial score (nSPS) is 24.4. The number of aromatic nitrogens is 4. The number of hydrogen-bond acceptors (Lipinski definition) is 6. The zero-order valence-corrected chi connectivity index (χ0v) is 12.7. The van der Waals surface area contributed by atoms with E-state index in [2.05, 4.69) is 32.2 Å². The summed E-state index contributed by atoms with van der Waals surface area (Å²) < 4.78 is 1.72. The number of hydrogen-bond donors (Lipinski definition) is 3. The topological polar surface area (TPSA) is 122 Å². The van der Waals surface area contributed by atoms with Gasteiger partial charge >= 0.3 is 6.09 Å². The number of nitrogens with zero attached hydrogens (tertiary/aromatic N) is 5. The molecule has 3 rings (SSSR count). The van der Waals surface area contributed by atoms with Crippen LogP contribution in [0, 0.1) is 5.92 Å². The largest absolute Gasteiger partial charge is 0.465 e. The molecule has 0 radical (unpaired) electrons. The minimum Gasteiger partial charge on any atom is -0.465 e. The Balaban J connectivity index is 1.89. The molecule has 9 nitrogen and oxygen atoms in total. The molecule has 1 fully saturated rings. The Morgan fingerprint density at radius 2 is 2.26 bits per heavy atom. The molecule has 0 unspecified atom stereocenters. The van der Waals surface area contributed by atoms with Gasteiger partial charge in [0.2, 0.25) is 0 Å². The highest BCUT2D eigenvalue weighted by Crippen LogP contribution is 2.32. The molecule has 1 amide bonds. The molecule has 1 aliphatic heterocycles. The zero-order valence-electron chi connectivity index (χ0n) is 12.7. The first kappa shape index (κ1) is 15.1. The van der Waals surface area contributed by atoms with Crippen molar-refractivity contribution in [1.29, 1.82) is 0 Å². The summed E-state index contributed by atoms with van der Waals surface area (Å²) in [4.78, 5) is 21.2. The smallest absolute Gasteiger partial charge is 0.405 e. The van der Waals surface area contributed by atoms with E-state index in [-0.39, 0.29) is 18.0 Å². The number of rotatable bonds is 3. The standard InChI is InChI=1S/C14H19N7O2/c1-9-5-20(12-2-3-16-4-10(12)15)6-11(19-14(22)23)13(9)21-8-17-7-18-21/h2-4,7-9,11,13,19H,5-6,15H2,1H3,(H,22,23)/t9-,11+,13+/m0/s1. The molecule has 3 heterocycles. The van der Waals surface area contributed by atoms with E-state index in [4.69, 9.17) is 10.8 Å². The van der Waals surface area contributed by atoms with Gasteiger partial charge in [-0.3, -0.25) is 4.98 Å². The van der Waals surface area contributed by atoms with Gasteiger partial charge in [-0.05, 0) is 12.0 Å². The van der Waals surface area contributed by atoms with Crippen LogP contribution in [0.2, 0.25) is 0 Å². The van der Waals surface area contributed by atoms with Crippen LogP contribution in [0.15, 0.2) is 31.1 Å². The highest BCUT2D eigenvalue weighted by molar-refractivity contribution is 5.67. The van der Waals surface area contributed by atoms with Gasteiger partial charge in [0, 0.05) is 19.3 Å². The van der Waals surface area contributed by atoms with Gasteiger partial charge in [-0.2, -0.15) is 5.10 Å². The van der Waals surface area contributed by atoms with Gasteiger partial charge < -0.3 is 21.1 Å². The third-order valence-electron chi connectivity index (χ3n) is 4.14. The molecular formula is C14H19N7O2. The van der Waals surface area contributed by atoms with Crippen molar-refractivity contribution in [3.8, 4) is 0 Å². The number of pyridine rings is 1. The predicted molar refractivity (Wildman–Crippen MR) is 84.0 cm³/mol. The third kappa shape index (κ3) is 3.03. The van der Waals surface area contributed by atoms with Gasteiger partial charge in [0.1, 0.15) is 12.7 Å². The number of amides is 1. The second kappa shape index (κ2) is 6.11. The SMILES string of the molecule is C[C@H]1CN(c2ccncc2N)C[C@@H](NC(=O)O)[C@@H]1n1cncn1. The summed E-state index contributed by atoms with van der Waals surface area (Å²) in [5.41, 5.74) is 7.44. The fourth-order valence-electron chi connectivity index (χ4n) is 3.26. The summed E-state index contributed by atoms with van der Waals surface area (Å²) >= 11 is 0. The Labute approximate surface area is 133 Å². The first-order valence-electron chi connectivity index (χ1n) is 7.34. The first-order chi connectivity index (χ1) is 11.1. The third-order valence-corrected chi connectivity index (χ3v) is 4.14. The highest BCUT2D eigenvalue weighted by Gasteiger charge is 2.37. The maximum absolute atomic E-state index is 11.2. The summed E-state index contributed by atoms with van der Waals surface area (Å²) in [6.45, 7) is 3.29. The minimum absolute atomic E-state index is 0.104. The Bertz CT molecular complexity index is 676. The molecule has 0 bridgehead atoms. The lowest BCUT2D eigenvalue weighted by Gasteiger charge is -2.43. The van der Waals surface area contributed by atoms with Crippen LogP contribution in [-0.4, -0.2) is 50.1 Å². The van der Waals surface area contributed by atoms with Crippen molar-refractivity contribution in [3.05, 3.63) is 31.1 Å². The van der Waals surface area contributed by atoms with Crippen LogP contribution < -0.4 is 16.0 Å². The molecular weight excluding hydrogens is 298 g/mol. The van der Waals surface area contributed by atoms with E-state index in [1.54, 1.807) is 23.4 Å². The monoisotopic (exact) mass is 317 g/mol. The van der Waals surface area contributed by atoms with Gasteiger partial charge in [-0.15, -0.1) is 0 Å². The van der Waals surface area contributed by atoms with Crippen LogP contribution in [0.3, 0.4) is 0 Å². The van der Waals surface area contributed by atoms with E-state index < -0.39 is 6.09 Å². The van der Waals surface area contributed by atoms with E-state index in [9.17, 15) is 4.79 Å². The Morgan fingerprint density at radius 1 is 1.43 bits per heavy atom.